The van der Waals surface area contributed by atoms with E-state index in [1.54, 1.807) is 0 Å². The fraction of sp³-hybridized carbons (Fsp3) is 0.444. The molecular formula is C27H33N3O3. The number of nitrogens with one attached hydrogen (secondary N) is 1. The molecule has 3 atom stereocenters. The normalized spacial score (nSPS) is 20.8. The van der Waals surface area contributed by atoms with Crippen molar-refractivity contribution in [2.24, 2.45) is 11.7 Å². The van der Waals surface area contributed by atoms with Gasteiger partial charge < -0.3 is 15.4 Å². The van der Waals surface area contributed by atoms with Gasteiger partial charge in [0.25, 0.3) is 5.91 Å². The lowest BCUT2D eigenvalue weighted by atomic mass is 9.84. The smallest absolute Gasteiger partial charge is 0.310 e. The summed E-state index contributed by atoms with van der Waals surface area (Å²) in [5.41, 5.74) is 10.7. The average Bonchev–Trinajstić information content (AvgIpc) is 3.31. The summed E-state index contributed by atoms with van der Waals surface area (Å²) < 4.78 is 5.75. The van der Waals surface area contributed by atoms with E-state index in [1.165, 1.54) is 11.1 Å². The minimum atomic E-state index is -0.121. The van der Waals surface area contributed by atoms with Crippen molar-refractivity contribution >= 4 is 17.7 Å². The van der Waals surface area contributed by atoms with E-state index in [0.29, 0.717) is 25.1 Å². The molecule has 1 saturated heterocycles. The van der Waals surface area contributed by atoms with Crippen LogP contribution in [-0.2, 0) is 16.0 Å². The molecule has 3 N–H and O–H groups in total. The maximum atomic E-state index is 12.8. The van der Waals surface area contributed by atoms with Gasteiger partial charge in [0.1, 0.15) is 6.10 Å². The average molecular weight is 448 g/mol. The van der Waals surface area contributed by atoms with E-state index in [-0.39, 0.29) is 35.7 Å². The first-order valence-electron chi connectivity index (χ1n) is 12.0. The number of amides is 1. The van der Waals surface area contributed by atoms with Gasteiger partial charge in [-0.3, -0.25) is 15.0 Å². The van der Waals surface area contributed by atoms with Gasteiger partial charge in [-0.15, -0.1) is 0 Å². The molecule has 1 fully saturated rings. The molecule has 2 aromatic carbocycles. The van der Waals surface area contributed by atoms with Crippen molar-refractivity contribution in [3.63, 3.8) is 0 Å². The standard InChI is InChI=1S/C27H33N3O3/c1-3-30(4-2)26(31)19-9-7-8-17(14-19)18-12-13-21-20(15-18)16-23-25(21)22(27(32)33-23)10-5-6-11-24(28)29/h7-9,12-15,22-23,25H,3-6,10-11,16H2,1-2H3,(H3,28,29)/t22?,23-,25+/m0/s1. The van der Waals surface area contributed by atoms with Gasteiger partial charge in [0.05, 0.1) is 11.8 Å². The Balaban J connectivity index is 1.53. The number of hydrogen-bond donors (Lipinski definition) is 2. The monoisotopic (exact) mass is 447 g/mol. The SMILES string of the molecule is CCN(CC)C(=O)c1cccc(-c2ccc3c(c2)C[C@@H]2OC(=O)C(CCCCC(=N)N)[C@@H]32)c1. The summed E-state index contributed by atoms with van der Waals surface area (Å²) in [6.07, 6.45) is 3.68. The predicted molar refractivity (Wildman–Crippen MR) is 129 cm³/mol. The molecule has 4 rings (SSSR count). The Bertz CT molecular complexity index is 1060. The second-order valence-electron chi connectivity index (χ2n) is 9.05. The summed E-state index contributed by atoms with van der Waals surface area (Å²) in [5.74, 6) is 0.143. The molecule has 174 valence electrons. The van der Waals surface area contributed by atoms with Crippen LogP contribution in [0.4, 0.5) is 0 Å². The molecule has 0 saturated carbocycles. The third-order valence-corrected chi connectivity index (χ3v) is 7.03. The Morgan fingerprint density at radius 2 is 1.88 bits per heavy atom. The maximum absolute atomic E-state index is 12.8. The Kier molecular flexibility index (Phi) is 6.82. The number of nitrogens with two attached hydrogens (primary N) is 1. The Morgan fingerprint density at radius 1 is 1.12 bits per heavy atom. The zero-order valence-electron chi connectivity index (χ0n) is 19.5. The van der Waals surface area contributed by atoms with Crippen molar-refractivity contribution in [2.45, 2.75) is 58.0 Å². The summed E-state index contributed by atoms with van der Waals surface area (Å²) in [6.45, 7) is 5.36. The van der Waals surface area contributed by atoms with Crippen LogP contribution >= 0.6 is 0 Å². The quantitative estimate of drug-likeness (QED) is 0.256. The van der Waals surface area contributed by atoms with Crippen molar-refractivity contribution < 1.29 is 14.3 Å². The molecule has 1 unspecified atom stereocenters. The molecule has 33 heavy (non-hydrogen) atoms. The second-order valence-corrected chi connectivity index (χ2v) is 9.05. The van der Waals surface area contributed by atoms with Crippen LogP contribution in [0.1, 0.15) is 66.9 Å². The molecule has 2 aliphatic rings. The number of hydrogen-bond acceptors (Lipinski definition) is 4. The number of amidine groups is 1. The fourth-order valence-corrected chi connectivity index (χ4v) is 5.31. The first-order valence-corrected chi connectivity index (χ1v) is 12.0. The van der Waals surface area contributed by atoms with Crippen molar-refractivity contribution in [3.8, 4) is 11.1 Å². The highest BCUT2D eigenvalue weighted by atomic mass is 16.6. The molecule has 1 aliphatic carbocycles. The largest absolute Gasteiger partial charge is 0.461 e. The zero-order chi connectivity index (χ0) is 23.5. The minimum absolute atomic E-state index is 0.0528. The van der Waals surface area contributed by atoms with E-state index in [4.69, 9.17) is 15.9 Å². The molecule has 0 aromatic heterocycles. The molecule has 6 heteroatoms. The number of rotatable bonds is 9. The molecule has 1 amide bonds. The number of unbranched alkanes of at least 4 members (excludes halogenated alkanes) is 1. The number of ether oxygens (including phenoxy) is 1. The summed E-state index contributed by atoms with van der Waals surface area (Å²) in [7, 11) is 0. The molecule has 0 bridgehead atoms. The van der Waals surface area contributed by atoms with Crippen molar-refractivity contribution in [1.29, 1.82) is 5.41 Å². The zero-order valence-corrected chi connectivity index (χ0v) is 19.5. The summed E-state index contributed by atoms with van der Waals surface area (Å²) in [6, 6.07) is 14.2. The molecule has 6 nitrogen and oxygen atoms in total. The number of esters is 1. The number of carbonyl (C=O) groups excluding carboxylic acids is 2. The molecule has 1 heterocycles. The van der Waals surface area contributed by atoms with E-state index in [2.05, 4.69) is 18.2 Å². The summed E-state index contributed by atoms with van der Waals surface area (Å²) in [4.78, 5) is 27.1. The predicted octanol–water partition coefficient (Wildman–Crippen LogP) is 4.51. The number of nitrogens with zero attached hydrogens (tertiary/aromatic N) is 1. The van der Waals surface area contributed by atoms with Crippen LogP contribution in [0.25, 0.3) is 11.1 Å². The van der Waals surface area contributed by atoms with Crippen LogP contribution in [0.5, 0.6) is 0 Å². The lowest BCUT2D eigenvalue weighted by molar-refractivity contribution is -0.144. The van der Waals surface area contributed by atoms with Crippen LogP contribution < -0.4 is 5.73 Å². The summed E-state index contributed by atoms with van der Waals surface area (Å²) in [5, 5.41) is 7.37. The van der Waals surface area contributed by atoms with Gasteiger partial charge in [0.2, 0.25) is 0 Å². The van der Waals surface area contributed by atoms with Crippen LogP contribution in [0.3, 0.4) is 0 Å². The van der Waals surface area contributed by atoms with Crippen LogP contribution in [0, 0.1) is 11.3 Å². The number of carbonyl (C=O) groups is 2. The maximum Gasteiger partial charge on any atom is 0.310 e. The number of fused-ring (bicyclic) bond motifs is 3. The van der Waals surface area contributed by atoms with E-state index in [1.807, 2.05) is 43.0 Å². The van der Waals surface area contributed by atoms with E-state index in [9.17, 15) is 9.59 Å². The Labute approximate surface area is 195 Å². The lowest BCUT2D eigenvalue weighted by Gasteiger charge is -2.19. The third-order valence-electron chi connectivity index (χ3n) is 7.03. The molecular weight excluding hydrogens is 414 g/mol. The topological polar surface area (TPSA) is 96.5 Å². The molecule has 2 aromatic rings. The van der Waals surface area contributed by atoms with Crippen LogP contribution in [0.2, 0.25) is 0 Å². The number of benzene rings is 2. The molecule has 0 spiro atoms. The van der Waals surface area contributed by atoms with Crippen LogP contribution in [0.15, 0.2) is 42.5 Å². The second kappa shape index (κ2) is 9.77. The van der Waals surface area contributed by atoms with E-state index < -0.39 is 0 Å². The highest BCUT2D eigenvalue weighted by Gasteiger charge is 2.49. The molecule has 1 aliphatic heterocycles. The van der Waals surface area contributed by atoms with Crippen molar-refractivity contribution in [3.05, 3.63) is 59.2 Å². The van der Waals surface area contributed by atoms with Gasteiger partial charge in [-0.25, -0.2) is 0 Å². The van der Waals surface area contributed by atoms with Gasteiger partial charge >= 0.3 is 5.97 Å². The highest BCUT2D eigenvalue weighted by molar-refractivity contribution is 5.95. The lowest BCUT2D eigenvalue weighted by Crippen LogP contribution is -2.30. The Morgan fingerprint density at radius 3 is 2.61 bits per heavy atom. The fourth-order valence-electron chi connectivity index (χ4n) is 5.31. The van der Waals surface area contributed by atoms with Gasteiger partial charge in [-0.2, -0.15) is 0 Å². The van der Waals surface area contributed by atoms with Crippen LogP contribution in [-0.4, -0.2) is 41.8 Å². The van der Waals surface area contributed by atoms with E-state index >= 15 is 0 Å². The van der Waals surface area contributed by atoms with Gasteiger partial charge in [0.15, 0.2) is 0 Å². The molecule has 0 radical (unpaired) electrons. The van der Waals surface area contributed by atoms with Gasteiger partial charge in [0, 0.05) is 37.4 Å². The van der Waals surface area contributed by atoms with Crippen molar-refractivity contribution in [1.82, 2.24) is 4.90 Å². The third kappa shape index (κ3) is 4.65. The Hall–Kier alpha value is -3.15. The summed E-state index contributed by atoms with van der Waals surface area (Å²) >= 11 is 0. The van der Waals surface area contributed by atoms with Crippen molar-refractivity contribution in [2.75, 3.05) is 13.1 Å². The highest BCUT2D eigenvalue weighted by Crippen LogP contribution is 2.48. The van der Waals surface area contributed by atoms with E-state index in [0.717, 1.165) is 36.8 Å². The first-order chi connectivity index (χ1) is 15.9. The first kappa shape index (κ1) is 23.0. The van der Waals surface area contributed by atoms with Gasteiger partial charge in [-0.1, -0.05) is 36.8 Å². The van der Waals surface area contributed by atoms with Gasteiger partial charge in [-0.05, 0) is 61.1 Å². The minimum Gasteiger partial charge on any atom is -0.461 e.